The van der Waals surface area contributed by atoms with Crippen LogP contribution in [-0.4, -0.2) is 21.7 Å². The van der Waals surface area contributed by atoms with Crippen LogP contribution in [0.3, 0.4) is 0 Å². The first kappa shape index (κ1) is 16.3. The molecule has 0 aliphatic heterocycles. The van der Waals surface area contributed by atoms with E-state index in [4.69, 9.17) is 0 Å². The molecule has 0 aliphatic rings. The summed E-state index contributed by atoms with van der Waals surface area (Å²) in [7, 11) is 1.70. The monoisotopic (exact) mass is 359 g/mol. The summed E-state index contributed by atoms with van der Waals surface area (Å²) in [5.74, 6) is -2.89. The number of halogens is 3. The first-order chi connectivity index (χ1) is 12.4. The van der Waals surface area contributed by atoms with Gasteiger partial charge >= 0.3 is 0 Å². The maximum Gasteiger partial charge on any atom is 0.270 e. The van der Waals surface area contributed by atoms with Crippen LogP contribution < -0.4 is 10.7 Å². The molecule has 5 nitrogen and oxygen atoms in total. The molecule has 0 bridgehead atoms. The molecule has 0 amide bonds. The molecule has 0 unspecified atom stereocenters. The Morgan fingerprint density at radius 3 is 2.69 bits per heavy atom. The highest BCUT2D eigenvalue weighted by Gasteiger charge is 2.25. The minimum absolute atomic E-state index is 0.105. The number of aromatic amines is 1. The van der Waals surface area contributed by atoms with Crippen molar-refractivity contribution in [3.8, 4) is 0 Å². The fourth-order valence-electron chi connectivity index (χ4n) is 2.98. The summed E-state index contributed by atoms with van der Waals surface area (Å²) in [5, 5.41) is 3.79. The standard InChI is InChI=1S/C18H16F3N5/c1-18(20,21)10-3-6-16-14(7-10)24-17(26(16)22-2)25-15-9-23-13-5-4-11(19)8-12(13)15/h3-9,22-23H,1-2H3,(H,24,25). The zero-order valence-corrected chi connectivity index (χ0v) is 14.1. The lowest BCUT2D eigenvalue weighted by Gasteiger charge is -2.11. The third-order valence-corrected chi connectivity index (χ3v) is 4.28. The lowest BCUT2D eigenvalue weighted by Crippen LogP contribution is -2.12. The summed E-state index contributed by atoms with van der Waals surface area (Å²) < 4.78 is 42.4. The minimum atomic E-state index is -2.94. The Labute approximate surface area is 146 Å². The van der Waals surface area contributed by atoms with E-state index < -0.39 is 5.92 Å². The van der Waals surface area contributed by atoms with Gasteiger partial charge in [-0.05, 0) is 30.3 Å². The number of nitrogens with zero attached hydrogens (tertiary/aromatic N) is 2. The number of hydrogen-bond donors (Lipinski definition) is 3. The van der Waals surface area contributed by atoms with Crippen molar-refractivity contribution in [2.24, 2.45) is 0 Å². The molecule has 0 saturated carbocycles. The number of aromatic nitrogens is 3. The molecule has 2 heterocycles. The summed E-state index contributed by atoms with van der Waals surface area (Å²) in [6, 6.07) is 8.76. The van der Waals surface area contributed by atoms with Crippen molar-refractivity contribution in [1.82, 2.24) is 14.6 Å². The van der Waals surface area contributed by atoms with E-state index in [9.17, 15) is 13.2 Å². The SMILES string of the molecule is CNn1c(Nc2c[nH]c3ccc(F)cc23)nc2cc(C(C)(F)F)ccc21. The van der Waals surface area contributed by atoms with Gasteiger partial charge in [0.15, 0.2) is 0 Å². The predicted molar refractivity (Wildman–Crippen MR) is 96.1 cm³/mol. The highest BCUT2D eigenvalue weighted by Crippen LogP contribution is 2.32. The van der Waals surface area contributed by atoms with Gasteiger partial charge in [-0.15, -0.1) is 0 Å². The normalized spacial score (nSPS) is 12.0. The second-order valence-electron chi connectivity index (χ2n) is 6.10. The summed E-state index contributed by atoms with van der Waals surface area (Å²) >= 11 is 0. The molecule has 8 heteroatoms. The van der Waals surface area contributed by atoms with Crippen LogP contribution >= 0.6 is 0 Å². The molecule has 0 aliphatic carbocycles. The maximum absolute atomic E-state index is 13.6. The van der Waals surface area contributed by atoms with Gasteiger partial charge in [-0.1, -0.05) is 6.07 Å². The van der Waals surface area contributed by atoms with Crippen LogP contribution in [0.4, 0.5) is 24.8 Å². The quantitative estimate of drug-likeness (QED) is 0.496. The Hall–Kier alpha value is -3.16. The Bertz CT molecular complexity index is 1110. The first-order valence-corrected chi connectivity index (χ1v) is 7.99. The van der Waals surface area contributed by atoms with Crippen molar-refractivity contribution in [3.05, 3.63) is 54.0 Å². The molecule has 0 saturated heterocycles. The fourth-order valence-corrected chi connectivity index (χ4v) is 2.98. The van der Waals surface area contributed by atoms with Crippen LogP contribution in [0.2, 0.25) is 0 Å². The molecule has 0 radical (unpaired) electrons. The van der Waals surface area contributed by atoms with Crippen molar-refractivity contribution in [2.45, 2.75) is 12.8 Å². The number of imidazole rings is 1. The van der Waals surface area contributed by atoms with E-state index in [2.05, 4.69) is 20.7 Å². The molecule has 4 aromatic rings. The zero-order chi connectivity index (χ0) is 18.5. The molecule has 2 aromatic heterocycles. The van der Waals surface area contributed by atoms with Crippen molar-refractivity contribution in [1.29, 1.82) is 0 Å². The number of hydrogen-bond acceptors (Lipinski definition) is 3. The maximum atomic E-state index is 13.6. The predicted octanol–water partition coefficient (Wildman–Crippen LogP) is 4.69. The highest BCUT2D eigenvalue weighted by atomic mass is 19.3. The van der Waals surface area contributed by atoms with Crippen LogP contribution in [-0.2, 0) is 5.92 Å². The topological polar surface area (TPSA) is 57.7 Å². The summed E-state index contributed by atoms with van der Waals surface area (Å²) in [6.45, 7) is 0.850. The molecule has 4 rings (SSSR count). The van der Waals surface area contributed by atoms with E-state index in [1.807, 2.05) is 0 Å². The smallest absolute Gasteiger partial charge is 0.270 e. The van der Waals surface area contributed by atoms with E-state index in [0.717, 1.165) is 12.4 Å². The lowest BCUT2D eigenvalue weighted by molar-refractivity contribution is 0.0176. The average Bonchev–Trinajstić information content (AvgIpc) is 3.14. The van der Waals surface area contributed by atoms with Crippen LogP contribution in [0.25, 0.3) is 21.9 Å². The number of nitrogens with one attached hydrogen (secondary N) is 3. The van der Waals surface area contributed by atoms with Gasteiger partial charge in [-0.25, -0.2) is 22.8 Å². The minimum Gasteiger partial charge on any atom is -0.359 e. The fraction of sp³-hybridized carbons (Fsp3) is 0.167. The third kappa shape index (κ3) is 2.63. The van der Waals surface area contributed by atoms with Crippen LogP contribution in [0, 0.1) is 5.82 Å². The van der Waals surface area contributed by atoms with Gasteiger partial charge < -0.3 is 15.7 Å². The van der Waals surface area contributed by atoms with Crippen molar-refractivity contribution in [2.75, 3.05) is 17.8 Å². The van der Waals surface area contributed by atoms with Crippen LogP contribution in [0.5, 0.6) is 0 Å². The average molecular weight is 359 g/mol. The molecule has 0 atom stereocenters. The molecular weight excluding hydrogens is 343 g/mol. The molecular formula is C18H16F3N5. The number of fused-ring (bicyclic) bond motifs is 2. The van der Waals surface area contributed by atoms with E-state index in [-0.39, 0.29) is 11.4 Å². The molecule has 26 heavy (non-hydrogen) atoms. The molecule has 0 fully saturated rings. The summed E-state index contributed by atoms with van der Waals surface area (Å²) in [4.78, 5) is 7.46. The van der Waals surface area contributed by atoms with Gasteiger partial charge in [0.25, 0.3) is 5.92 Å². The van der Waals surface area contributed by atoms with Crippen molar-refractivity contribution < 1.29 is 13.2 Å². The molecule has 2 aromatic carbocycles. The molecule has 3 N–H and O–H groups in total. The van der Waals surface area contributed by atoms with Crippen molar-refractivity contribution in [3.63, 3.8) is 0 Å². The van der Waals surface area contributed by atoms with Gasteiger partial charge in [-0.3, -0.25) is 0 Å². The number of H-pyrrole nitrogens is 1. The third-order valence-electron chi connectivity index (χ3n) is 4.28. The Kier molecular flexibility index (Phi) is 3.57. The van der Waals surface area contributed by atoms with Gasteiger partial charge in [0.05, 0.1) is 16.7 Å². The second-order valence-corrected chi connectivity index (χ2v) is 6.10. The van der Waals surface area contributed by atoms with E-state index in [1.165, 1.54) is 24.3 Å². The lowest BCUT2D eigenvalue weighted by atomic mass is 10.1. The Morgan fingerprint density at radius 1 is 1.15 bits per heavy atom. The van der Waals surface area contributed by atoms with Gasteiger partial charge in [-0.2, -0.15) is 0 Å². The zero-order valence-electron chi connectivity index (χ0n) is 14.1. The Balaban J connectivity index is 1.81. The Morgan fingerprint density at radius 2 is 1.96 bits per heavy atom. The van der Waals surface area contributed by atoms with Crippen LogP contribution in [0.15, 0.2) is 42.6 Å². The van der Waals surface area contributed by atoms with Crippen molar-refractivity contribution >= 4 is 33.6 Å². The van der Waals surface area contributed by atoms with Gasteiger partial charge in [0, 0.05) is 36.6 Å². The van der Waals surface area contributed by atoms with Gasteiger partial charge in [0.1, 0.15) is 5.82 Å². The van der Waals surface area contributed by atoms with Gasteiger partial charge in [0.2, 0.25) is 5.95 Å². The summed E-state index contributed by atoms with van der Waals surface area (Å²) in [5.41, 5.74) is 5.34. The van der Waals surface area contributed by atoms with Crippen LogP contribution in [0.1, 0.15) is 12.5 Å². The van der Waals surface area contributed by atoms with E-state index >= 15 is 0 Å². The molecule has 0 spiro atoms. The second kappa shape index (κ2) is 5.69. The number of rotatable bonds is 4. The largest absolute Gasteiger partial charge is 0.359 e. The number of alkyl halides is 2. The molecule has 134 valence electrons. The number of benzene rings is 2. The van der Waals surface area contributed by atoms with E-state index in [0.29, 0.717) is 28.1 Å². The summed E-state index contributed by atoms with van der Waals surface area (Å²) in [6.07, 6.45) is 1.70. The van der Waals surface area contributed by atoms with E-state index in [1.54, 1.807) is 30.1 Å². The first-order valence-electron chi connectivity index (χ1n) is 7.99. The highest BCUT2D eigenvalue weighted by molar-refractivity contribution is 5.94. The number of anilines is 2.